The number of nitrogens with zero attached hydrogens (tertiary/aromatic N) is 3. The molecule has 1 amide bonds. The Kier molecular flexibility index (Phi) is 4.47. The van der Waals surface area contributed by atoms with Crippen molar-refractivity contribution in [1.82, 2.24) is 14.7 Å². The molecule has 5 heteroatoms. The number of rotatable bonds is 3. The number of hydrogen-bond donors (Lipinski definition) is 1. The normalized spacial score (nSPS) is 15.5. The van der Waals surface area contributed by atoms with E-state index < -0.39 is 0 Å². The lowest BCUT2D eigenvalue weighted by atomic mass is 9.97. The fourth-order valence-corrected chi connectivity index (χ4v) is 3.69. The van der Waals surface area contributed by atoms with Crippen molar-refractivity contribution in [2.75, 3.05) is 19.7 Å². The Morgan fingerprint density at radius 2 is 1.88 bits per heavy atom. The van der Waals surface area contributed by atoms with Gasteiger partial charge in [-0.2, -0.15) is 5.10 Å². The maximum absolute atomic E-state index is 12.9. The van der Waals surface area contributed by atoms with E-state index in [-0.39, 0.29) is 12.5 Å². The first kappa shape index (κ1) is 16.8. The molecule has 26 heavy (non-hydrogen) atoms. The van der Waals surface area contributed by atoms with Crippen molar-refractivity contribution in [2.45, 2.75) is 19.8 Å². The zero-order chi connectivity index (χ0) is 18.1. The van der Waals surface area contributed by atoms with Crippen molar-refractivity contribution in [3.05, 3.63) is 59.9 Å². The van der Waals surface area contributed by atoms with E-state index in [2.05, 4.69) is 23.3 Å². The van der Waals surface area contributed by atoms with E-state index >= 15 is 0 Å². The van der Waals surface area contributed by atoms with Gasteiger partial charge in [0.2, 0.25) is 0 Å². The Hall–Kier alpha value is -2.66. The number of aliphatic hydroxyl groups is 1. The van der Waals surface area contributed by atoms with Gasteiger partial charge in [0.25, 0.3) is 5.91 Å². The van der Waals surface area contributed by atoms with Gasteiger partial charge in [-0.25, -0.2) is 4.68 Å². The van der Waals surface area contributed by atoms with Gasteiger partial charge < -0.3 is 10.0 Å². The second-order valence-corrected chi connectivity index (χ2v) is 6.99. The van der Waals surface area contributed by atoms with E-state index in [0.29, 0.717) is 24.6 Å². The van der Waals surface area contributed by atoms with Crippen LogP contribution in [0.25, 0.3) is 16.5 Å². The average Bonchev–Trinajstić information content (AvgIpc) is 3.08. The molecular weight excluding hydrogens is 326 g/mol. The number of likely N-dealkylation sites (tertiary alicyclic amines) is 1. The van der Waals surface area contributed by atoms with Crippen LogP contribution in [-0.4, -0.2) is 45.4 Å². The lowest BCUT2D eigenvalue weighted by molar-refractivity contribution is 0.0650. The van der Waals surface area contributed by atoms with Crippen LogP contribution in [0.1, 0.15) is 28.9 Å². The Bertz CT molecular complexity index is 934. The van der Waals surface area contributed by atoms with Crippen LogP contribution in [0.4, 0.5) is 0 Å². The molecule has 1 aliphatic heterocycles. The minimum atomic E-state index is 0.0328. The number of aliphatic hydroxyl groups excluding tert-OH is 1. The zero-order valence-corrected chi connectivity index (χ0v) is 14.9. The molecular formula is C21H23N3O2. The average molecular weight is 349 g/mol. The van der Waals surface area contributed by atoms with Crippen LogP contribution in [0.2, 0.25) is 0 Å². The van der Waals surface area contributed by atoms with Crippen LogP contribution >= 0.6 is 0 Å². The van der Waals surface area contributed by atoms with Gasteiger partial charge in [-0.3, -0.25) is 4.79 Å². The summed E-state index contributed by atoms with van der Waals surface area (Å²) in [5, 5.41) is 16.1. The summed E-state index contributed by atoms with van der Waals surface area (Å²) in [7, 11) is 0. The minimum absolute atomic E-state index is 0.0328. The number of hydrogen-bond acceptors (Lipinski definition) is 3. The van der Waals surface area contributed by atoms with Crippen molar-refractivity contribution < 1.29 is 9.90 Å². The van der Waals surface area contributed by atoms with E-state index in [9.17, 15) is 9.90 Å². The van der Waals surface area contributed by atoms with E-state index in [4.69, 9.17) is 0 Å². The van der Waals surface area contributed by atoms with Gasteiger partial charge in [0.15, 0.2) is 0 Å². The lowest BCUT2D eigenvalue weighted by Crippen LogP contribution is -2.39. The number of carbonyl (C=O) groups excluding carboxylic acids is 1. The van der Waals surface area contributed by atoms with E-state index in [1.807, 2.05) is 47.0 Å². The third-order valence-electron chi connectivity index (χ3n) is 5.30. The molecule has 0 saturated carbocycles. The zero-order valence-electron chi connectivity index (χ0n) is 14.9. The number of aromatic nitrogens is 2. The molecule has 1 aliphatic rings. The molecule has 5 nitrogen and oxygen atoms in total. The quantitative estimate of drug-likeness (QED) is 0.790. The van der Waals surface area contributed by atoms with Gasteiger partial charge in [0.05, 0.1) is 16.9 Å². The van der Waals surface area contributed by atoms with Gasteiger partial charge >= 0.3 is 0 Å². The van der Waals surface area contributed by atoms with Crippen LogP contribution in [0, 0.1) is 12.8 Å². The minimum Gasteiger partial charge on any atom is -0.396 e. The molecule has 0 unspecified atom stereocenters. The van der Waals surface area contributed by atoms with E-state index in [1.54, 1.807) is 0 Å². The molecule has 2 heterocycles. The molecule has 1 aromatic heterocycles. The van der Waals surface area contributed by atoms with Crippen LogP contribution in [0.3, 0.4) is 0 Å². The fourth-order valence-electron chi connectivity index (χ4n) is 3.69. The van der Waals surface area contributed by atoms with Crippen LogP contribution in [0.15, 0.2) is 48.7 Å². The number of amides is 1. The first-order valence-corrected chi connectivity index (χ1v) is 9.12. The Balaban J connectivity index is 1.64. The highest BCUT2D eigenvalue weighted by Crippen LogP contribution is 2.24. The molecule has 0 bridgehead atoms. The standard InChI is InChI=1S/C21H23N3O2/c1-15-19(21(26)23-11-9-16(14-25)10-12-23)13-24(22-15)20-8-4-6-17-5-2-3-7-18(17)20/h2-8,13,16,25H,9-12,14H2,1H3. The SMILES string of the molecule is Cc1nn(-c2cccc3ccccc23)cc1C(=O)N1CCC(CO)CC1. The highest BCUT2D eigenvalue weighted by molar-refractivity contribution is 5.96. The number of piperidine rings is 1. The lowest BCUT2D eigenvalue weighted by Gasteiger charge is -2.31. The number of aryl methyl sites for hydroxylation is 1. The maximum atomic E-state index is 12.9. The summed E-state index contributed by atoms with van der Waals surface area (Å²) < 4.78 is 1.81. The molecule has 2 aromatic carbocycles. The van der Waals surface area contributed by atoms with Gasteiger partial charge in [-0.15, -0.1) is 0 Å². The summed E-state index contributed by atoms with van der Waals surface area (Å²) in [5.74, 6) is 0.351. The van der Waals surface area contributed by atoms with Crippen molar-refractivity contribution in [1.29, 1.82) is 0 Å². The van der Waals surface area contributed by atoms with Gasteiger partial charge in [0, 0.05) is 31.3 Å². The predicted molar refractivity (Wildman–Crippen MR) is 102 cm³/mol. The second kappa shape index (κ2) is 6.92. The molecule has 1 N–H and O–H groups in total. The first-order valence-electron chi connectivity index (χ1n) is 9.12. The molecule has 1 saturated heterocycles. The Morgan fingerprint density at radius 1 is 1.15 bits per heavy atom. The van der Waals surface area contributed by atoms with Gasteiger partial charge in [-0.05, 0) is 37.1 Å². The number of fused-ring (bicyclic) bond motifs is 1. The molecule has 1 fully saturated rings. The van der Waals surface area contributed by atoms with Crippen molar-refractivity contribution >= 4 is 16.7 Å². The summed E-state index contributed by atoms with van der Waals surface area (Å²) in [4.78, 5) is 14.8. The molecule has 134 valence electrons. The summed E-state index contributed by atoms with van der Waals surface area (Å²) >= 11 is 0. The third-order valence-corrected chi connectivity index (χ3v) is 5.30. The molecule has 0 aliphatic carbocycles. The predicted octanol–water partition coefficient (Wildman–Crippen LogP) is 3.18. The summed E-state index contributed by atoms with van der Waals surface area (Å²) in [5.41, 5.74) is 2.37. The van der Waals surface area contributed by atoms with E-state index in [1.165, 1.54) is 0 Å². The molecule has 0 spiro atoms. The Morgan fingerprint density at radius 3 is 2.65 bits per heavy atom. The monoisotopic (exact) mass is 349 g/mol. The van der Waals surface area contributed by atoms with Crippen LogP contribution < -0.4 is 0 Å². The largest absolute Gasteiger partial charge is 0.396 e. The highest BCUT2D eigenvalue weighted by Gasteiger charge is 2.25. The highest BCUT2D eigenvalue weighted by atomic mass is 16.3. The molecule has 0 radical (unpaired) electrons. The maximum Gasteiger partial charge on any atom is 0.257 e. The van der Waals surface area contributed by atoms with Crippen LogP contribution in [-0.2, 0) is 0 Å². The number of carbonyl (C=O) groups is 1. The van der Waals surface area contributed by atoms with Crippen molar-refractivity contribution in [3.8, 4) is 5.69 Å². The fraction of sp³-hybridized carbons (Fsp3) is 0.333. The second-order valence-electron chi connectivity index (χ2n) is 6.99. The molecule has 4 rings (SSSR count). The number of benzene rings is 2. The smallest absolute Gasteiger partial charge is 0.257 e. The van der Waals surface area contributed by atoms with Gasteiger partial charge in [0.1, 0.15) is 0 Å². The summed E-state index contributed by atoms with van der Waals surface area (Å²) in [6, 6.07) is 14.3. The van der Waals surface area contributed by atoms with Crippen LogP contribution in [0.5, 0.6) is 0 Å². The van der Waals surface area contributed by atoms with Gasteiger partial charge in [-0.1, -0.05) is 36.4 Å². The third kappa shape index (κ3) is 2.99. The summed E-state index contributed by atoms with van der Waals surface area (Å²) in [6.07, 6.45) is 3.56. The van der Waals surface area contributed by atoms with Crippen molar-refractivity contribution in [2.24, 2.45) is 5.92 Å². The molecule has 3 aromatic rings. The summed E-state index contributed by atoms with van der Waals surface area (Å²) in [6.45, 7) is 3.49. The molecule has 0 atom stereocenters. The Labute approximate surface area is 152 Å². The topological polar surface area (TPSA) is 58.4 Å². The van der Waals surface area contributed by atoms with E-state index in [0.717, 1.165) is 35.0 Å². The van der Waals surface area contributed by atoms with Crippen molar-refractivity contribution in [3.63, 3.8) is 0 Å². The first-order chi connectivity index (χ1) is 12.7.